The van der Waals surface area contributed by atoms with Crippen LogP contribution in [0.5, 0.6) is 0 Å². The molecule has 10 heteroatoms. The van der Waals surface area contributed by atoms with Crippen LogP contribution in [0.3, 0.4) is 0 Å². The molecule has 0 bridgehead atoms. The van der Waals surface area contributed by atoms with E-state index in [2.05, 4.69) is 20.3 Å². The van der Waals surface area contributed by atoms with Crippen molar-refractivity contribution in [2.75, 3.05) is 5.32 Å². The molecule has 0 saturated carbocycles. The van der Waals surface area contributed by atoms with E-state index in [1.165, 1.54) is 18.5 Å². The van der Waals surface area contributed by atoms with Gasteiger partial charge in [-0.3, -0.25) is 14.3 Å². The minimum absolute atomic E-state index is 0.00257. The Hall–Kier alpha value is -3.82. The molecule has 0 aliphatic heterocycles. The Morgan fingerprint density at radius 2 is 2.07 bits per heavy atom. The molecular formula is C18H13F2N5O3. The molecule has 0 saturated heterocycles. The van der Waals surface area contributed by atoms with E-state index in [9.17, 15) is 18.4 Å². The summed E-state index contributed by atoms with van der Waals surface area (Å²) in [4.78, 5) is 35.4. The zero-order chi connectivity index (χ0) is 19.7. The summed E-state index contributed by atoms with van der Waals surface area (Å²) in [6.45, 7) is -0.0294. The van der Waals surface area contributed by atoms with Crippen LogP contribution in [-0.2, 0) is 13.1 Å². The van der Waals surface area contributed by atoms with Crippen LogP contribution in [0.25, 0.3) is 11.0 Å². The van der Waals surface area contributed by atoms with Crippen molar-refractivity contribution in [2.45, 2.75) is 13.1 Å². The van der Waals surface area contributed by atoms with Crippen molar-refractivity contribution >= 4 is 17.0 Å². The summed E-state index contributed by atoms with van der Waals surface area (Å²) >= 11 is 0. The SMILES string of the molecule is O=c1[nH]c2nc(NCc3ccc(F)cc3F)ncc2c(=O)n1Cc1ccco1. The highest BCUT2D eigenvalue weighted by Gasteiger charge is 2.12. The predicted octanol–water partition coefficient (Wildman–Crippen LogP) is 2.01. The van der Waals surface area contributed by atoms with Crippen LogP contribution in [-0.4, -0.2) is 19.5 Å². The normalized spacial score (nSPS) is 11.1. The second-order valence-electron chi connectivity index (χ2n) is 5.95. The highest BCUT2D eigenvalue weighted by atomic mass is 19.1. The monoisotopic (exact) mass is 385 g/mol. The highest BCUT2D eigenvalue weighted by molar-refractivity contribution is 5.73. The maximum Gasteiger partial charge on any atom is 0.330 e. The lowest BCUT2D eigenvalue weighted by molar-refractivity contribution is 0.484. The summed E-state index contributed by atoms with van der Waals surface area (Å²) < 4.78 is 32.8. The molecule has 142 valence electrons. The fourth-order valence-corrected chi connectivity index (χ4v) is 2.67. The molecule has 8 nitrogen and oxygen atoms in total. The number of hydrogen-bond acceptors (Lipinski definition) is 6. The van der Waals surface area contributed by atoms with Gasteiger partial charge in [0.05, 0.1) is 12.8 Å². The van der Waals surface area contributed by atoms with Gasteiger partial charge in [0.2, 0.25) is 5.95 Å². The Morgan fingerprint density at radius 1 is 1.21 bits per heavy atom. The van der Waals surface area contributed by atoms with E-state index in [1.54, 1.807) is 12.1 Å². The van der Waals surface area contributed by atoms with Crippen LogP contribution < -0.4 is 16.6 Å². The number of benzene rings is 1. The fourth-order valence-electron chi connectivity index (χ4n) is 2.67. The molecule has 3 heterocycles. The van der Waals surface area contributed by atoms with Crippen LogP contribution in [0.15, 0.2) is 56.8 Å². The zero-order valence-corrected chi connectivity index (χ0v) is 14.3. The van der Waals surface area contributed by atoms with E-state index < -0.39 is 22.9 Å². The van der Waals surface area contributed by atoms with Gasteiger partial charge < -0.3 is 9.73 Å². The molecule has 0 aliphatic carbocycles. The number of nitrogens with zero attached hydrogens (tertiary/aromatic N) is 3. The van der Waals surface area contributed by atoms with Gasteiger partial charge in [0.1, 0.15) is 22.8 Å². The number of hydrogen-bond donors (Lipinski definition) is 2. The summed E-state index contributed by atoms with van der Waals surface area (Å²) in [5, 5.41) is 2.89. The third-order valence-corrected chi connectivity index (χ3v) is 4.08. The third kappa shape index (κ3) is 3.39. The number of furan rings is 1. The second-order valence-corrected chi connectivity index (χ2v) is 5.95. The van der Waals surface area contributed by atoms with Gasteiger partial charge in [-0.25, -0.2) is 18.6 Å². The summed E-state index contributed by atoms with van der Waals surface area (Å²) in [7, 11) is 0. The van der Waals surface area contributed by atoms with E-state index in [-0.39, 0.29) is 35.6 Å². The van der Waals surface area contributed by atoms with Crippen molar-refractivity contribution in [2.24, 2.45) is 0 Å². The number of fused-ring (bicyclic) bond motifs is 1. The van der Waals surface area contributed by atoms with Crippen molar-refractivity contribution < 1.29 is 13.2 Å². The fraction of sp³-hybridized carbons (Fsp3) is 0.111. The number of nitrogens with one attached hydrogen (secondary N) is 2. The van der Waals surface area contributed by atoms with Crippen molar-refractivity contribution in [3.63, 3.8) is 0 Å². The van der Waals surface area contributed by atoms with Crippen molar-refractivity contribution in [3.05, 3.63) is 86.6 Å². The number of aromatic amines is 1. The van der Waals surface area contributed by atoms with Gasteiger partial charge >= 0.3 is 5.69 Å². The molecule has 0 aliphatic rings. The maximum absolute atomic E-state index is 13.7. The van der Waals surface area contributed by atoms with Crippen molar-refractivity contribution in [1.29, 1.82) is 0 Å². The minimum atomic E-state index is -0.706. The third-order valence-electron chi connectivity index (χ3n) is 4.08. The topological polar surface area (TPSA) is 106 Å². The van der Waals surface area contributed by atoms with Crippen LogP contribution in [0.2, 0.25) is 0 Å². The van der Waals surface area contributed by atoms with E-state index in [0.29, 0.717) is 5.76 Å². The van der Waals surface area contributed by atoms with Gasteiger partial charge in [0.25, 0.3) is 5.56 Å². The first-order chi connectivity index (χ1) is 13.5. The molecule has 0 fully saturated rings. The Kier molecular flexibility index (Phi) is 4.44. The molecular weight excluding hydrogens is 372 g/mol. The second kappa shape index (κ2) is 7.06. The molecule has 3 aromatic heterocycles. The maximum atomic E-state index is 13.7. The van der Waals surface area contributed by atoms with Crippen LogP contribution >= 0.6 is 0 Å². The van der Waals surface area contributed by atoms with Crippen LogP contribution in [0, 0.1) is 11.6 Å². The highest BCUT2D eigenvalue weighted by Crippen LogP contribution is 2.12. The summed E-state index contributed by atoms with van der Waals surface area (Å²) in [6.07, 6.45) is 2.71. The quantitative estimate of drug-likeness (QED) is 0.544. The first-order valence-corrected chi connectivity index (χ1v) is 8.21. The van der Waals surface area contributed by atoms with Crippen molar-refractivity contribution in [1.82, 2.24) is 19.5 Å². The van der Waals surface area contributed by atoms with Gasteiger partial charge in [-0.1, -0.05) is 6.07 Å². The molecule has 0 spiro atoms. The summed E-state index contributed by atoms with van der Waals surface area (Å²) in [5.41, 5.74) is -0.954. The van der Waals surface area contributed by atoms with E-state index >= 15 is 0 Å². The molecule has 0 amide bonds. The lowest BCUT2D eigenvalue weighted by Crippen LogP contribution is -2.35. The molecule has 1 aromatic carbocycles. The average molecular weight is 385 g/mol. The predicted molar refractivity (Wildman–Crippen MR) is 95.9 cm³/mol. The van der Waals surface area contributed by atoms with Crippen molar-refractivity contribution in [3.8, 4) is 0 Å². The Morgan fingerprint density at radius 3 is 2.82 bits per heavy atom. The lowest BCUT2D eigenvalue weighted by atomic mass is 10.2. The number of aromatic nitrogens is 4. The average Bonchev–Trinajstić information content (AvgIpc) is 3.17. The molecule has 4 rings (SSSR count). The standard InChI is InChI=1S/C18H13F2N5O3/c19-11-4-3-10(14(20)6-11)7-21-17-22-8-13-15(23-17)24-18(27)25(16(13)26)9-12-2-1-5-28-12/h1-6,8H,7,9H2,(H2,21,22,23,24,27). The molecule has 2 N–H and O–H groups in total. The number of rotatable bonds is 5. The smallest absolute Gasteiger partial charge is 0.330 e. The van der Waals surface area contributed by atoms with E-state index in [4.69, 9.17) is 4.42 Å². The van der Waals surface area contributed by atoms with Gasteiger partial charge in [0.15, 0.2) is 5.65 Å². The number of halogens is 2. The van der Waals surface area contributed by atoms with Gasteiger partial charge in [-0.2, -0.15) is 4.98 Å². The minimum Gasteiger partial charge on any atom is -0.467 e. The van der Waals surface area contributed by atoms with Crippen LogP contribution in [0.4, 0.5) is 14.7 Å². The largest absolute Gasteiger partial charge is 0.467 e. The summed E-state index contributed by atoms with van der Waals surface area (Å²) in [6, 6.07) is 6.51. The van der Waals surface area contributed by atoms with Gasteiger partial charge in [-0.15, -0.1) is 0 Å². The first-order valence-electron chi connectivity index (χ1n) is 8.21. The van der Waals surface area contributed by atoms with Crippen LogP contribution in [0.1, 0.15) is 11.3 Å². The lowest BCUT2D eigenvalue weighted by Gasteiger charge is -2.08. The number of H-pyrrole nitrogens is 1. The van der Waals surface area contributed by atoms with Gasteiger partial charge in [0, 0.05) is 24.4 Å². The Bertz CT molecular complexity index is 1260. The number of anilines is 1. The Labute approximate surface area is 155 Å². The molecule has 28 heavy (non-hydrogen) atoms. The zero-order valence-electron chi connectivity index (χ0n) is 14.3. The molecule has 0 atom stereocenters. The van der Waals surface area contributed by atoms with Gasteiger partial charge in [-0.05, 0) is 18.2 Å². The first kappa shape index (κ1) is 17.6. The molecule has 4 aromatic rings. The summed E-state index contributed by atoms with van der Waals surface area (Å²) in [5.74, 6) is -0.850. The van der Waals surface area contributed by atoms with E-state index in [1.807, 2.05) is 0 Å². The van der Waals surface area contributed by atoms with E-state index in [0.717, 1.165) is 16.7 Å². The Balaban J connectivity index is 1.62. The molecule has 0 unspecified atom stereocenters. The molecule has 0 radical (unpaired) electrons.